The molecule has 0 bridgehead atoms. The Kier molecular flexibility index (Phi) is 6.35. The number of halogens is 3. The van der Waals surface area contributed by atoms with Crippen molar-refractivity contribution in [2.45, 2.75) is 45.1 Å². The number of carbonyl (C=O) groups is 1. The maximum Gasteiger partial charge on any atom is 0.224 e. The maximum atomic E-state index is 14.4. The third kappa shape index (κ3) is 4.96. The molecule has 0 fully saturated rings. The molecule has 5 rings (SSSR count). The maximum absolute atomic E-state index is 14.4. The zero-order valence-electron chi connectivity index (χ0n) is 18.7. The number of oxazole rings is 1. The number of nitrogens with zero attached hydrogens (tertiary/aromatic N) is 4. The summed E-state index contributed by atoms with van der Waals surface area (Å²) in [4.78, 5) is 16.6. The van der Waals surface area contributed by atoms with Gasteiger partial charge in [0, 0.05) is 37.4 Å². The van der Waals surface area contributed by atoms with Gasteiger partial charge >= 0.3 is 0 Å². The lowest BCUT2D eigenvalue weighted by atomic mass is 10.1. The second-order valence-corrected chi connectivity index (χ2v) is 8.39. The molecule has 0 aliphatic carbocycles. The fraction of sp³-hybridized carbons (Fsp3) is 0.280. The van der Waals surface area contributed by atoms with Gasteiger partial charge in [-0.05, 0) is 43.2 Å². The molecule has 4 aromatic rings. The van der Waals surface area contributed by atoms with Gasteiger partial charge in [0.2, 0.25) is 5.91 Å². The summed E-state index contributed by atoms with van der Waals surface area (Å²) in [7, 11) is 0. The van der Waals surface area contributed by atoms with Gasteiger partial charge in [0.05, 0.1) is 17.4 Å². The smallest absolute Gasteiger partial charge is 0.224 e. The Bertz CT molecular complexity index is 1380. The topological polar surface area (TPSA) is 85.8 Å². The highest BCUT2D eigenvalue weighted by Gasteiger charge is 2.18. The van der Waals surface area contributed by atoms with Crippen LogP contribution in [-0.4, -0.2) is 25.7 Å². The van der Waals surface area contributed by atoms with E-state index in [1.54, 1.807) is 12.1 Å². The summed E-state index contributed by atoms with van der Waals surface area (Å²) >= 11 is 0. The lowest BCUT2D eigenvalue weighted by Crippen LogP contribution is -2.13. The summed E-state index contributed by atoms with van der Waals surface area (Å²) in [6.07, 6.45) is 5.47. The van der Waals surface area contributed by atoms with Crippen LogP contribution >= 0.6 is 0 Å². The molecule has 0 saturated heterocycles. The first-order valence-corrected chi connectivity index (χ1v) is 11.4. The fourth-order valence-electron chi connectivity index (χ4n) is 4.13. The number of aromatic nitrogens is 4. The van der Waals surface area contributed by atoms with Crippen molar-refractivity contribution in [3.63, 3.8) is 0 Å². The third-order valence-electron chi connectivity index (χ3n) is 5.92. The van der Waals surface area contributed by atoms with Crippen molar-refractivity contribution >= 4 is 11.6 Å². The van der Waals surface area contributed by atoms with Crippen LogP contribution in [0.1, 0.15) is 37.4 Å². The van der Waals surface area contributed by atoms with Crippen molar-refractivity contribution in [1.29, 1.82) is 0 Å². The van der Waals surface area contributed by atoms with Crippen molar-refractivity contribution in [3.8, 4) is 22.7 Å². The van der Waals surface area contributed by atoms with E-state index in [0.717, 1.165) is 50.2 Å². The molecule has 0 saturated carbocycles. The minimum Gasteiger partial charge on any atom is -0.441 e. The molecule has 3 heterocycles. The molecule has 1 aliphatic rings. The number of anilines is 1. The summed E-state index contributed by atoms with van der Waals surface area (Å²) in [5, 5.41) is 11.1. The van der Waals surface area contributed by atoms with E-state index in [4.69, 9.17) is 4.42 Å². The van der Waals surface area contributed by atoms with Crippen LogP contribution in [-0.2, 0) is 24.2 Å². The molecule has 10 heteroatoms. The number of fused-ring (bicyclic) bond motifs is 1. The number of aryl methyl sites for hydroxylation is 2. The summed E-state index contributed by atoms with van der Waals surface area (Å²) in [5.74, 6) is -0.570. The summed E-state index contributed by atoms with van der Waals surface area (Å²) in [6.45, 7) is 0.802. The number of rotatable bonds is 6. The lowest BCUT2D eigenvalue weighted by Gasteiger charge is -2.10. The first-order chi connectivity index (χ1) is 17.0. The predicted molar refractivity (Wildman–Crippen MR) is 122 cm³/mol. The van der Waals surface area contributed by atoms with Crippen molar-refractivity contribution in [1.82, 2.24) is 19.7 Å². The minimum absolute atomic E-state index is 0.0319. The zero-order chi connectivity index (χ0) is 24.4. The van der Waals surface area contributed by atoms with Gasteiger partial charge in [-0.2, -0.15) is 0 Å². The molecular formula is C25H22F3N5O2. The normalized spacial score (nSPS) is 13.3. The van der Waals surface area contributed by atoms with Crippen molar-refractivity contribution in [2.24, 2.45) is 0 Å². The van der Waals surface area contributed by atoms with Gasteiger partial charge in [-0.3, -0.25) is 4.79 Å². The molecule has 35 heavy (non-hydrogen) atoms. The van der Waals surface area contributed by atoms with Gasteiger partial charge in [-0.1, -0.05) is 6.42 Å². The molecular weight excluding hydrogens is 459 g/mol. The number of hydrogen-bond donors (Lipinski definition) is 1. The largest absolute Gasteiger partial charge is 0.441 e. The van der Waals surface area contributed by atoms with E-state index in [1.807, 2.05) is 0 Å². The van der Waals surface area contributed by atoms with E-state index < -0.39 is 23.4 Å². The van der Waals surface area contributed by atoms with Crippen LogP contribution in [0.15, 0.2) is 47.0 Å². The molecule has 1 aliphatic heterocycles. The standard InChI is InChI=1S/C25H22F3N5O2/c26-16-6-7-17(19(28)13-16)21-14-29-24(35-21)10-9-23(34)30-20-12-15(5-8-18(20)27)25-32-31-22-4-2-1-3-11-33(22)25/h5-8,12-14H,1-4,9-11H2,(H,30,34). The van der Waals surface area contributed by atoms with Gasteiger partial charge in [0.1, 0.15) is 23.3 Å². The van der Waals surface area contributed by atoms with E-state index in [2.05, 4.69) is 25.1 Å². The Morgan fingerprint density at radius 3 is 2.77 bits per heavy atom. The van der Waals surface area contributed by atoms with Crippen molar-refractivity contribution < 1.29 is 22.4 Å². The second-order valence-electron chi connectivity index (χ2n) is 8.39. The Balaban J connectivity index is 1.25. The van der Waals surface area contributed by atoms with Crippen LogP contribution in [0.5, 0.6) is 0 Å². The highest BCUT2D eigenvalue weighted by molar-refractivity contribution is 5.91. The van der Waals surface area contributed by atoms with Gasteiger partial charge in [-0.15, -0.1) is 10.2 Å². The van der Waals surface area contributed by atoms with Gasteiger partial charge < -0.3 is 14.3 Å². The van der Waals surface area contributed by atoms with E-state index >= 15 is 0 Å². The highest BCUT2D eigenvalue weighted by atomic mass is 19.1. The first kappa shape index (κ1) is 22.8. The van der Waals surface area contributed by atoms with E-state index in [1.165, 1.54) is 18.3 Å². The Morgan fingerprint density at radius 1 is 1.03 bits per heavy atom. The van der Waals surface area contributed by atoms with Crippen LogP contribution in [0.3, 0.4) is 0 Å². The number of benzene rings is 2. The molecule has 180 valence electrons. The number of hydrogen-bond acceptors (Lipinski definition) is 5. The Labute approximate surface area is 199 Å². The molecule has 0 spiro atoms. The van der Waals surface area contributed by atoms with Crippen LogP contribution in [0.4, 0.5) is 18.9 Å². The average Bonchev–Trinajstić information content (AvgIpc) is 3.40. The average molecular weight is 481 g/mol. The highest BCUT2D eigenvalue weighted by Crippen LogP contribution is 2.27. The van der Waals surface area contributed by atoms with Crippen molar-refractivity contribution in [3.05, 3.63) is 71.8 Å². The number of carbonyl (C=O) groups excluding carboxylic acids is 1. The monoisotopic (exact) mass is 481 g/mol. The minimum atomic E-state index is -0.773. The number of amides is 1. The fourth-order valence-corrected chi connectivity index (χ4v) is 4.13. The van der Waals surface area contributed by atoms with Crippen LogP contribution < -0.4 is 5.32 Å². The van der Waals surface area contributed by atoms with Crippen LogP contribution in [0.2, 0.25) is 0 Å². The molecule has 0 atom stereocenters. The first-order valence-electron chi connectivity index (χ1n) is 11.4. The molecule has 1 amide bonds. The molecule has 1 N–H and O–H groups in total. The second kappa shape index (κ2) is 9.73. The van der Waals surface area contributed by atoms with Gasteiger partial charge in [0.25, 0.3) is 0 Å². The molecule has 0 unspecified atom stereocenters. The van der Waals surface area contributed by atoms with E-state index in [0.29, 0.717) is 11.4 Å². The third-order valence-corrected chi connectivity index (χ3v) is 5.92. The van der Waals surface area contributed by atoms with Gasteiger partial charge in [0.15, 0.2) is 17.5 Å². The Morgan fingerprint density at radius 2 is 1.91 bits per heavy atom. The summed E-state index contributed by atoms with van der Waals surface area (Å²) < 4.78 is 49.1. The van der Waals surface area contributed by atoms with Crippen molar-refractivity contribution in [2.75, 3.05) is 5.32 Å². The van der Waals surface area contributed by atoms with E-state index in [-0.39, 0.29) is 35.7 Å². The lowest BCUT2D eigenvalue weighted by molar-refractivity contribution is -0.116. The van der Waals surface area contributed by atoms with Crippen LogP contribution in [0.25, 0.3) is 22.7 Å². The molecule has 2 aromatic heterocycles. The van der Waals surface area contributed by atoms with E-state index in [9.17, 15) is 18.0 Å². The van der Waals surface area contributed by atoms with Crippen LogP contribution in [0, 0.1) is 17.5 Å². The predicted octanol–water partition coefficient (Wildman–Crippen LogP) is 5.32. The zero-order valence-corrected chi connectivity index (χ0v) is 18.7. The SMILES string of the molecule is O=C(CCc1ncc(-c2ccc(F)cc2F)o1)Nc1cc(-c2nnc3n2CCCCC3)ccc1F. The Hall–Kier alpha value is -3.95. The molecule has 0 radical (unpaired) electrons. The summed E-state index contributed by atoms with van der Waals surface area (Å²) in [6, 6.07) is 7.59. The summed E-state index contributed by atoms with van der Waals surface area (Å²) in [5.41, 5.74) is 0.779. The molecule has 2 aromatic carbocycles. The van der Waals surface area contributed by atoms with Gasteiger partial charge in [-0.25, -0.2) is 18.2 Å². The quantitative estimate of drug-likeness (QED) is 0.403. The number of nitrogens with one attached hydrogen (secondary N) is 1. The molecule has 7 nitrogen and oxygen atoms in total.